The number of hydrogen-bond donors (Lipinski definition) is 0. The molecule has 4 nitrogen and oxygen atoms in total. The van der Waals surface area contributed by atoms with Crippen molar-refractivity contribution in [2.45, 2.75) is 0 Å². The molecule has 0 radical (unpaired) electrons. The summed E-state index contributed by atoms with van der Waals surface area (Å²) in [6.07, 6.45) is 5.54. The summed E-state index contributed by atoms with van der Waals surface area (Å²) in [7, 11) is 1.91. The summed E-state index contributed by atoms with van der Waals surface area (Å²) in [5.74, 6) is -0.268. The van der Waals surface area contributed by atoms with Crippen LogP contribution in [0.1, 0.15) is 5.56 Å². The van der Waals surface area contributed by atoms with E-state index in [4.69, 9.17) is 0 Å². The van der Waals surface area contributed by atoms with E-state index in [2.05, 4.69) is 0 Å². The maximum absolute atomic E-state index is 12.3. The normalized spacial score (nSPS) is 17.2. The number of benzene rings is 1. The number of nitrogens with zero attached hydrogens (tertiary/aromatic N) is 2. The third-order valence-corrected chi connectivity index (χ3v) is 3.83. The Morgan fingerprint density at radius 3 is 2.50 bits per heavy atom. The van der Waals surface area contributed by atoms with Gasteiger partial charge >= 0.3 is 0 Å². The van der Waals surface area contributed by atoms with Crippen molar-refractivity contribution < 1.29 is 9.59 Å². The quantitative estimate of drug-likeness (QED) is 0.795. The number of hydrogen-bond acceptors (Lipinski definition) is 3. The predicted octanol–water partition coefficient (Wildman–Crippen LogP) is 3.27. The summed E-state index contributed by atoms with van der Waals surface area (Å²) in [6.45, 7) is 0. The van der Waals surface area contributed by atoms with Crippen molar-refractivity contribution in [1.82, 2.24) is 4.57 Å². The average Bonchev–Trinajstić information content (AvgIpc) is 2.96. The number of thioether (sulfide) groups is 1. The van der Waals surface area contributed by atoms with Crippen LogP contribution in [0.25, 0.3) is 6.08 Å². The zero-order valence-electron chi connectivity index (χ0n) is 10.8. The molecule has 3 rings (SSSR count). The Morgan fingerprint density at radius 2 is 1.85 bits per heavy atom. The number of para-hydroxylation sites is 1. The minimum Gasteiger partial charge on any atom is -0.357 e. The van der Waals surface area contributed by atoms with Gasteiger partial charge in [-0.3, -0.25) is 9.59 Å². The fourth-order valence-corrected chi connectivity index (χ4v) is 2.87. The summed E-state index contributed by atoms with van der Waals surface area (Å²) in [5, 5.41) is -0.261. The van der Waals surface area contributed by atoms with E-state index in [1.165, 1.54) is 4.90 Å². The predicted molar refractivity (Wildman–Crippen MR) is 80.3 cm³/mol. The molecule has 2 amide bonds. The first-order valence-electron chi connectivity index (χ1n) is 6.10. The van der Waals surface area contributed by atoms with Crippen molar-refractivity contribution in [2.75, 3.05) is 4.90 Å². The van der Waals surface area contributed by atoms with E-state index in [1.807, 2.05) is 36.1 Å². The molecule has 1 saturated heterocycles. The number of amides is 2. The Bertz CT molecular complexity index is 704. The molecule has 0 unspecified atom stereocenters. The van der Waals surface area contributed by atoms with Gasteiger partial charge in [-0.15, -0.1) is 0 Å². The first-order valence-corrected chi connectivity index (χ1v) is 6.92. The van der Waals surface area contributed by atoms with Crippen LogP contribution >= 0.6 is 11.8 Å². The maximum Gasteiger partial charge on any atom is 0.298 e. The molecule has 2 aromatic rings. The van der Waals surface area contributed by atoms with Gasteiger partial charge in [-0.05, 0) is 41.6 Å². The number of carbonyl (C=O) groups is 2. The van der Waals surface area contributed by atoms with E-state index in [0.29, 0.717) is 10.6 Å². The molecule has 0 spiro atoms. The van der Waals surface area contributed by atoms with E-state index in [-0.39, 0.29) is 11.1 Å². The highest BCUT2D eigenvalue weighted by Crippen LogP contribution is 2.35. The minimum atomic E-state index is -0.268. The third-order valence-electron chi connectivity index (χ3n) is 2.96. The van der Waals surface area contributed by atoms with E-state index in [9.17, 15) is 9.59 Å². The molecule has 1 aliphatic rings. The van der Waals surface area contributed by atoms with Crippen molar-refractivity contribution in [3.05, 3.63) is 59.3 Å². The SMILES string of the molecule is Cn1ccc(/C=C2/SC(=O)N(c3ccccc3)C2=O)c1. The molecule has 1 aromatic heterocycles. The first kappa shape index (κ1) is 12.7. The van der Waals surface area contributed by atoms with Crippen LogP contribution in [-0.2, 0) is 11.8 Å². The largest absolute Gasteiger partial charge is 0.357 e. The number of imide groups is 1. The summed E-state index contributed by atoms with van der Waals surface area (Å²) >= 11 is 0.970. The second kappa shape index (κ2) is 5.02. The fraction of sp³-hybridized carbons (Fsp3) is 0.0667. The van der Waals surface area contributed by atoms with Crippen LogP contribution in [-0.4, -0.2) is 15.7 Å². The van der Waals surface area contributed by atoms with Gasteiger partial charge in [0.05, 0.1) is 10.6 Å². The highest BCUT2D eigenvalue weighted by Gasteiger charge is 2.36. The number of carbonyl (C=O) groups excluding carboxylic acids is 2. The lowest BCUT2D eigenvalue weighted by Gasteiger charge is -2.11. The van der Waals surface area contributed by atoms with Gasteiger partial charge in [0.25, 0.3) is 11.1 Å². The van der Waals surface area contributed by atoms with E-state index < -0.39 is 0 Å². The molecule has 0 N–H and O–H groups in total. The summed E-state index contributed by atoms with van der Waals surface area (Å²) < 4.78 is 1.90. The number of rotatable bonds is 2. The lowest BCUT2D eigenvalue weighted by Crippen LogP contribution is -2.27. The van der Waals surface area contributed by atoms with Crippen LogP contribution in [0.4, 0.5) is 10.5 Å². The molecule has 0 aliphatic carbocycles. The molecule has 100 valence electrons. The van der Waals surface area contributed by atoms with Crippen LogP contribution in [0.5, 0.6) is 0 Å². The Morgan fingerprint density at radius 1 is 1.10 bits per heavy atom. The smallest absolute Gasteiger partial charge is 0.298 e. The van der Waals surface area contributed by atoms with Gasteiger partial charge in [-0.1, -0.05) is 18.2 Å². The van der Waals surface area contributed by atoms with Crippen molar-refractivity contribution >= 4 is 34.7 Å². The first-order chi connectivity index (χ1) is 9.65. The van der Waals surface area contributed by atoms with Gasteiger partial charge in [0.1, 0.15) is 0 Å². The number of aryl methyl sites for hydroxylation is 1. The Balaban J connectivity index is 1.93. The molecular weight excluding hydrogens is 272 g/mol. The molecule has 0 bridgehead atoms. The number of aromatic nitrogens is 1. The maximum atomic E-state index is 12.3. The van der Waals surface area contributed by atoms with Crippen LogP contribution in [0.2, 0.25) is 0 Å². The molecule has 1 fully saturated rings. The van der Waals surface area contributed by atoms with Gasteiger partial charge in [-0.25, -0.2) is 4.90 Å². The van der Waals surface area contributed by atoms with Crippen molar-refractivity contribution in [3.63, 3.8) is 0 Å². The highest BCUT2D eigenvalue weighted by atomic mass is 32.2. The summed E-state index contributed by atoms with van der Waals surface area (Å²) in [4.78, 5) is 26.0. The van der Waals surface area contributed by atoms with Crippen LogP contribution < -0.4 is 4.90 Å². The molecule has 1 aliphatic heterocycles. The van der Waals surface area contributed by atoms with Crippen LogP contribution in [0.15, 0.2) is 53.7 Å². The lowest BCUT2D eigenvalue weighted by molar-refractivity contribution is -0.113. The summed E-state index contributed by atoms with van der Waals surface area (Å²) in [6, 6.07) is 10.9. The molecule has 5 heteroatoms. The highest BCUT2D eigenvalue weighted by molar-refractivity contribution is 8.19. The monoisotopic (exact) mass is 284 g/mol. The molecule has 2 heterocycles. The fourth-order valence-electron chi connectivity index (χ4n) is 2.03. The van der Waals surface area contributed by atoms with Crippen molar-refractivity contribution in [3.8, 4) is 0 Å². The second-order valence-corrected chi connectivity index (χ2v) is 5.46. The Kier molecular flexibility index (Phi) is 3.20. The van der Waals surface area contributed by atoms with E-state index in [0.717, 1.165) is 17.3 Å². The summed E-state index contributed by atoms with van der Waals surface area (Å²) in [5.41, 5.74) is 1.51. The topological polar surface area (TPSA) is 42.3 Å². The zero-order chi connectivity index (χ0) is 14.1. The van der Waals surface area contributed by atoms with Gasteiger partial charge < -0.3 is 4.57 Å². The van der Waals surface area contributed by atoms with E-state index >= 15 is 0 Å². The van der Waals surface area contributed by atoms with Gasteiger partial charge in [0, 0.05) is 19.4 Å². The number of anilines is 1. The van der Waals surface area contributed by atoms with Crippen molar-refractivity contribution in [2.24, 2.45) is 7.05 Å². The Labute approximate surface area is 120 Å². The lowest BCUT2D eigenvalue weighted by atomic mass is 10.2. The molecule has 0 saturated carbocycles. The second-order valence-electron chi connectivity index (χ2n) is 4.46. The van der Waals surface area contributed by atoms with Crippen LogP contribution in [0.3, 0.4) is 0 Å². The molecule has 0 atom stereocenters. The average molecular weight is 284 g/mol. The third kappa shape index (κ3) is 2.28. The minimum absolute atomic E-state index is 0.261. The van der Waals surface area contributed by atoms with Crippen molar-refractivity contribution in [1.29, 1.82) is 0 Å². The standard InChI is InChI=1S/C15H12N2O2S/c1-16-8-7-11(10-16)9-13-14(18)17(15(19)20-13)12-5-3-2-4-6-12/h2-10H,1H3/b13-9+. The zero-order valence-corrected chi connectivity index (χ0v) is 11.6. The van der Waals surface area contributed by atoms with E-state index in [1.54, 1.807) is 30.3 Å². The van der Waals surface area contributed by atoms with Gasteiger partial charge in [0.15, 0.2) is 0 Å². The molecular formula is C15H12N2O2S. The van der Waals surface area contributed by atoms with Gasteiger partial charge in [0.2, 0.25) is 0 Å². The van der Waals surface area contributed by atoms with Gasteiger partial charge in [-0.2, -0.15) is 0 Å². The molecule has 1 aromatic carbocycles. The van der Waals surface area contributed by atoms with Crippen LogP contribution in [0, 0.1) is 0 Å². The Hall–Kier alpha value is -2.27. The molecule has 20 heavy (non-hydrogen) atoms.